The lowest BCUT2D eigenvalue weighted by Crippen LogP contribution is -2.14. The van der Waals surface area contributed by atoms with Crippen LogP contribution >= 0.6 is 11.3 Å². The number of aryl methyl sites for hydroxylation is 1. The second-order valence-electron chi connectivity index (χ2n) is 3.77. The van der Waals surface area contributed by atoms with Crippen LogP contribution in [0.3, 0.4) is 0 Å². The molecule has 2 heterocycles. The number of hydrogen-bond donors (Lipinski definition) is 2. The third-order valence-electron chi connectivity index (χ3n) is 2.37. The number of anilines is 1. The molecule has 0 aliphatic heterocycles. The zero-order valence-electron chi connectivity index (χ0n) is 9.81. The number of hydrogen-bond acceptors (Lipinski definition) is 4. The van der Waals surface area contributed by atoms with E-state index in [9.17, 15) is 14.0 Å². The summed E-state index contributed by atoms with van der Waals surface area (Å²) in [7, 11) is 0. The minimum atomic E-state index is -1.12. The first-order chi connectivity index (χ1) is 8.99. The molecule has 0 fully saturated rings. The number of thiophene rings is 1. The number of halogens is 1. The molecule has 5 nitrogen and oxygen atoms in total. The average molecular weight is 280 g/mol. The van der Waals surface area contributed by atoms with E-state index in [2.05, 4.69) is 10.3 Å². The molecule has 98 valence electrons. The number of pyridine rings is 1. The Morgan fingerprint density at radius 1 is 1.42 bits per heavy atom. The minimum absolute atomic E-state index is 0.0296. The van der Waals surface area contributed by atoms with E-state index in [-0.39, 0.29) is 16.1 Å². The van der Waals surface area contributed by atoms with Gasteiger partial charge in [0.2, 0.25) is 0 Å². The van der Waals surface area contributed by atoms with Crippen LogP contribution in [0.15, 0.2) is 23.8 Å². The molecule has 0 saturated heterocycles. The van der Waals surface area contributed by atoms with Crippen LogP contribution in [-0.2, 0) is 0 Å². The summed E-state index contributed by atoms with van der Waals surface area (Å²) < 4.78 is 13.0. The van der Waals surface area contributed by atoms with Gasteiger partial charge in [-0.2, -0.15) is 0 Å². The molecule has 19 heavy (non-hydrogen) atoms. The number of carboxylic acids is 1. The van der Waals surface area contributed by atoms with Gasteiger partial charge in [0.05, 0.1) is 17.4 Å². The van der Waals surface area contributed by atoms with Gasteiger partial charge in [0.1, 0.15) is 10.7 Å². The van der Waals surface area contributed by atoms with Crippen LogP contribution in [0.2, 0.25) is 0 Å². The predicted octanol–water partition coefficient (Wildman–Crippen LogP) is 2.54. The van der Waals surface area contributed by atoms with Gasteiger partial charge in [-0.25, -0.2) is 9.18 Å². The minimum Gasteiger partial charge on any atom is -0.477 e. The lowest BCUT2D eigenvalue weighted by molar-refractivity contribution is 0.0703. The Labute approximate surface area is 111 Å². The number of carboxylic acid groups (broad SMARTS) is 1. The molecule has 0 spiro atoms. The maximum atomic E-state index is 13.0. The zero-order chi connectivity index (χ0) is 14.0. The second kappa shape index (κ2) is 5.15. The van der Waals surface area contributed by atoms with Crippen LogP contribution in [0.25, 0.3) is 0 Å². The van der Waals surface area contributed by atoms with E-state index in [4.69, 9.17) is 5.11 Å². The Morgan fingerprint density at radius 3 is 2.79 bits per heavy atom. The van der Waals surface area contributed by atoms with Crippen molar-refractivity contribution in [2.24, 2.45) is 0 Å². The van der Waals surface area contributed by atoms with Gasteiger partial charge in [0, 0.05) is 6.20 Å². The molecule has 0 saturated carbocycles. The number of carbonyl (C=O) groups excluding carboxylic acids is 1. The fraction of sp³-hybridized carbons (Fsp3) is 0.0833. The molecule has 0 aliphatic carbocycles. The predicted molar refractivity (Wildman–Crippen MR) is 68.2 cm³/mol. The first-order valence-electron chi connectivity index (χ1n) is 5.22. The van der Waals surface area contributed by atoms with E-state index in [0.717, 1.165) is 23.6 Å². The largest absolute Gasteiger partial charge is 0.477 e. The van der Waals surface area contributed by atoms with Gasteiger partial charge in [0.15, 0.2) is 0 Å². The molecule has 0 radical (unpaired) electrons. The molecular weight excluding hydrogens is 271 g/mol. The number of aromatic carboxylic acids is 1. The normalized spacial score (nSPS) is 10.2. The second-order valence-corrected chi connectivity index (χ2v) is 4.65. The molecule has 2 N–H and O–H groups in total. The Hall–Kier alpha value is -2.28. The number of nitrogens with one attached hydrogen (secondary N) is 1. The quantitative estimate of drug-likeness (QED) is 0.905. The summed E-state index contributed by atoms with van der Waals surface area (Å²) in [5.41, 5.74) is 0.897. The fourth-order valence-corrected chi connectivity index (χ4v) is 2.32. The van der Waals surface area contributed by atoms with Crippen molar-refractivity contribution in [1.82, 2.24) is 4.98 Å². The summed E-state index contributed by atoms with van der Waals surface area (Å²) in [6.07, 6.45) is 2.19. The van der Waals surface area contributed by atoms with Crippen molar-refractivity contribution >= 4 is 28.9 Å². The Balaban J connectivity index is 2.29. The van der Waals surface area contributed by atoms with Gasteiger partial charge in [-0.05, 0) is 23.9 Å². The summed E-state index contributed by atoms with van der Waals surface area (Å²) in [4.78, 5) is 26.5. The maximum Gasteiger partial charge on any atom is 0.348 e. The van der Waals surface area contributed by atoms with Crippen LogP contribution < -0.4 is 5.32 Å². The van der Waals surface area contributed by atoms with Crippen molar-refractivity contribution in [3.05, 3.63) is 45.7 Å². The number of amides is 1. The number of rotatable bonds is 3. The highest BCUT2D eigenvalue weighted by Gasteiger charge is 2.18. The number of carbonyl (C=O) groups is 2. The number of aromatic nitrogens is 1. The van der Waals surface area contributed by atoms with Crippen LogP contribution in [0.4, 0.5) is 10.1 Å². The molecule has 0 aliphatic rings. The monoisotopic (exact) mass is 280 g/mol. The Morgan fingerprint density at radius 2 is 2.16 bits per heavy atom. The van der Waals surface area contributed by atoms with Crippen molar-refractivity contribution < 1.29 is 19.1 Å². The van der Waals surface area contributed by atoms with Crippen LogP contribution in [0, 0.1) is 12.7 Å². The van der Waals surface area contributed by atoms with E-state index in [1.54, 1.807) is 12.3 Å². The highest BCUT2D eigenvalue weighted by Crippen LogP contribution is 2.28. The molecule has 2 rings (SSSR count). The van der Waals surface area contributed by atoms with E-state index in [1.165, 1.54) is 6.20 Å². The summed E-state index contributed by atoms with van der Waals surface area (Å²) in [6, 6.07) is 1.03. The molecule has 0 aromatic carbocycles. The van der Waals surface area contributed by atoms with E-state index < -0.39 is 17.7 Å². The topological polar surface area (TPSA) is 79.3 Å². The van der Waals surface area contributed by atoms with E-state index in [1.807, 2.05) is 0 Å². The lowest BCUT2D eigenvalue weighted by atomic mass is 10.2. The third-order valence-corrected chi connectivity index (χ3v) is 3.46. The fourth-order valence-electron chi connectivity index (χ4n) is 1.48. The van der Waals surface area contributed by atoms with E-state index >= 15 is 0 Å². The van der Waals surface area contributed by atoms with Crippen molar-refractivity contribution in [2.75, 3.05) is 5.32 Å². The van der Waals surface area contributed by atoms with Crippen molar-refractivity contribution in [1.29, 1.82) is 0 Å². The molecule has 2 aromatic heterocycles. The SMILES string of the molecule is Cc1csc(C(=O)O)c1NC(=O)c1cncc(F)c1. The van der Waals surface area contributed by atoms with E-state index in [0.29, 0.717) is 5.56 Å². The molecule has 1 amide bonds. The number of nitrogens with zero attached hydrogens (tertiary/aromatic N) is 1. The smallest absolute Gasteiger partial charge is 0.348 e. The highest BCUT2D eigenvalue weighted by molar-refractivity contribution is 7.12. The van der Waals surface area contributed by atoms with Crippen molar-refractivity contribution in [3.8, 4) is 0 Å². The van der Waals surface area contributed by atoms with Gasteiger partial charge in [-0.15, -0.1) is 11.3 Å². The first-order valence-corrected chi connectivity index (χ1v) is 6.10. The molecule has 7 heteroatoms. The summed E-state index contributed by atoms with van der Waals surface area (Å²) in [6.45, 7) is 1.68. The van der Waals surface area contributed by atoms with Gasteiger partial charge in [-0.3, -0.25) is 9.78 Å². The summed E-state index contributed by atoms with van der Waals surface area (Å²) in [5, 5.41) is 13.1. The standard InChI is InChI=1S/C12H9FN2O3S/c1-6-5-19-10(12(17)18)9(6)15-11(16)7-2-8(13)4-14-3-7/h2-5H,1H3,(H,15,16)(H,17,18). The Bertz CT molecular complexity index is 654. The highest BCUT2D eigenvalue weighted by atomic mass is 32.1. The van der Waals surface area contributed by atoms with Crippen molar-refractivity contribution in [2.45, 2.75) is 6.92 Å². The van der Waals surface area contributed by atoms with Gasteiger partial charge in [-0.1, -0.05) is 0 Å². The Kier molecular flexibility index (Phi) is 3.57. The zero-order valence-corrected chi connectivity index (χ0v) is 10.6. The first kappa shape index (κ1) is 13.2. The average Bonchev–Trinajstić information content (AvgIpc) is 2.71. The molecular formula is C12H9FN2O3S. The van der Waals surface area contributed by atoms with Crippen molar-refractivity contribution in [3.63, 3.8) is 0 Å². The lowest BCUT2D eigenvalue weighted by Gasteiger charge is -2.06. The molecule has 0 unspecified atom stereocenters. The van der Waals surface area contributed by atoms with Gasteiger partial charge >= 0.3 is 5.97 Å². The maximum absolute atomic E-state index is 13.0. The van der Waals surface area contributed by atoms with Gasteiger partial charge in [0.25, 0.3) is 5.91 Å². The van der Waals surface area contributed by atoms with Crippen LogP contribution in [0.5, 0.6) is 0 Å². The van der Waals surface area contributed by atoms with Gasteiger partial charge < -0.3 is 10.4 Å². The molecule has 0 bridgehead atoms. The summed E-state index contributed by atoms with van der Waals surface area (Å²) >= 11 is 1.02. The summed E-state index contributed by atoms with van der Waals surface area (Å²) in [5.74, 6) is -2.35. The molecule has 2 aromatic rings. The van der Waals surface area contributed by atoms with Crippen LogP contribution in [-0.4, -0.2) is 22.0 Å². The molecule has 0 atom stereocenters. The van der Waals surface area contributed by atoms with Crippen LogP contribution in [0.1, 0.15) is 25.6 Å². The third kappa shape index (κ3) is 2.76.